The first-order valence-electron chi connectivity index (χ1n) is 9.39. The highest BCUT2D eigenvalue weighted by molar-refractivity contribution is 6.07. The van der Waals surface area contributed by atoms with E-state index in [4.69, 9.17) is 0 Å². The summed E-state index contributed by atoms with van der Waals surface area (Å²) in [6.45, 7) is 1.12. The third kappa shape index (κ3) is 3.32. The van der Waals surface area contributed by atoms with Crippen LogP contribution in [-0.4, -0.2) is 45.4 Å². The number of carbonyl (C=O) groups is 2. The highest BCUT2D eigenvalue weighted by Crippen LogP contribution is 2.38. The van der Waals surface area contributed by atoms with Crippen molar-refractivity contribution < 1.29 is 9.59 Å². The van der Waals surface area contributed by atoms with Gasteiger partial charge in [0.15, 0.2) is 0 Å². The predicted molar refractivity (Wildman–Crippen MR) is 93.2 cm³/mol. The molecule has 25 heavy (non-hydrogen) atoms. The minimum Gasteiger partial charge on any atom is -0.370 e. The fourth-order valence-electron chi connectivity index (χ4n) is 3.84. The van der Waals surface area contributed by atoms with E-state index in [-0.39, 0.29) is 11.9 Å². The number of aromatic nitrogens is 2. The van der Waals surface area contributed by atoms with Crippen molar-refractivity contribution in [2.24, 2.45) is 0 Å². The van der Waals surface area contributed by atoms with Crippen LogP contribution in [-0.2, 0) is 4.79 Å². The first kappa shape index (κ1) is 16.3. The van der Waals surface area contributed by atoms with Crippen LogP contribution in [0.25, 0.3) is 0 Å². The van der Waals surface area contributed by atoms with Gasteiger partial charge in [-0.25, -0.2) is 14.8 Å². The summed E-state index contributed by atoms with van der Waals surface area (Å²) >= 11 is 0. The molecule has 3 amide bonds. The molecule has 0 bridgehead atoms. The molecule has 3 aliphatic rings. The molecule has 0 atom stereocenters. The molecule has 2 saturated carbocycles. The maximum absolute atomic E-state index is 12.7. The first-order chi connectivity index (χ1) is 12.2. The van der Waals surface area contributed by atoms with Crippen molar-refractivity contribution in [1.29, 1.82) is 0 Å². The molecule has 0 unspecified atom stereocenters. The summed E-state index contributed by atoms with van der Waals surface area (Å²) in [6.07, 6.45) is 9.57. The van der Waals surface area contributed by atoms with Crippen molar-refractivity contribution in [2.75, 3.05) is 18.4 Å². The zero-order valence-electron chi connectivity index (χ0n) is 14.5. The minimum atomic E-state index is -0.616. The summed E-state index contributed by atoms with van der Waals surface area (Å²) in [6, 6.07) is 1.63. The molecular formula is C18H25N5O2. The third-order valence-corrected chi connectivity index (χ3v) is 5.43. The molecule has 2 heterocycles. The first-order valence-corrected chi connectivity index (χ1v) is 9.39. The molecule has 1 aromatic heterocycles. The van der Waals surface area contributed by atoms with E-state index < -0.39 is 5.54 Å². The van der Waals surface area contributed by atoms with Gasteiger partial charge in [-0.05, 0) is 38.2 Å². The average molecular weight is 343 g/mol. The van der Waals surface area contributed by atoms with Crippen molar-refractivity contribution >= 4 is 17.8 Å². The second kappa shape index (κ2) is 6.61. The van der Waals surface area contributed by atoms with Crippen LogP contribution in [0.1, 0.15) is 63.1 Å². The fourth-order valence-corrected chi connectivity index (χ4v) is 3.84. The summed E-state index contributed by atoms with van der Waals surface area (Å²) in [4.78, 5) is 35.1. The lowest BCUT2D eigenvalue weighted by atomic mass is 9.82. The van der Waals surface area contributed by atoms with E-state index in [0.29, 0.717) is 25.4 Å². The number of amides is 3. The number of nitrogens with one attached hydrogen (secondary N) is 2. The van der Waals surface area contributed by atoms with E-state index in [9.17, 15) is 9.59 Å². The Balaban J connectivity index is 1.27. The topological polar surface area (TPSA) is 87.2 Å². The molecule has 134 valence electrons. The van der Waals surface area contributed by atoms with Crippen LogP contribution < -0.4 is 10.6 Å². The second-order valence-corrected chi connectivity index (χ2v) is 7.38. The van der Waals surface area contributed by atoms with Crippen LogP contribution in [0, 0.1) is 0 Å². The van der Waals surface area contributed by atoms with Crippen molar-refractivity contribution in [3.05, 3.63) is 18.1 Å². The molecule has 0 aromatic carbocycles. The van der Waals surface area contributed by atoms with E-state index in [1.54, 1.807) is 6.20 Å². The van der Waals surface area contributed by atoms with Gasteiger partial charge in [0.25, 0.3) is 5.91 Å². The molecule has 1 spiro atoms. The summed E-state index contributed by atoms with van der Waals surface area (Å²) in [5.74, 6) is 2.23. The molecule has 7 nitrogen and oxygen atoms in total. The SMILES string of the molecule is O=C1NC2(CCCCC2)C(=O)N1CCCNc1ccnc(C2CC2)n1. The summed E-state index contributed by atoms with van der Waals surface area (Å²) in [5.41, 5.74) is -0.616. The molecule has 1 aliphatic heterocycles. The van der Waals surface area contributed by atoms with Gasteiger partial charge in [-0.1, -0.05) is 19.3 Å². The molecule has 4 rings (SSSR count). The van der Waals surface area contributed by atoms with E-state index in [0.717, 1.165) is 43.7 Å². The Labute approximate surface area is 147 Å². The van der Waals surface area contributed by atoms with Gasteiger partial charge in [0, 0.05) is 25.2 Å². The standard InChI is InChI=1S/C18H25N5O2/c24-16-18(8-2-1-3-9-18)22-17(25)23(16)12-4-10-19-14-7-11-20-15(21-14)13-5-6-13/h7,11,13H,1-6,8-10,12H2,(H,22,25)(H,19,20,21). The molecule has 3 fully saturated rings. The monoisotopic (exact) mass is 343 g/mol. The second-order valence-electron chi connectivity index (χ2n) is 7.38. The van der Waals surface area contributed by atoms with Crippen LogP contribution in [0.4, 0.5) is 10.6 Å². The Bertz CT molecular complexity index is 667. The summed E-state index contributed by atoms with van der Waals surface area (Å²) < 4.78 is 0. The van der Waals surface area contributed by atoms with E-state index in [1.165, 1.54) is 17.7 Å². The van der Waals surface area contributed by atoms with Gasteiger partial charge in [0.1, 0.15) is 17.2 Å². The van der Waals surface area contributed by atoms with Crippen LogP contribution >= 0.6 is 0 Å². The Morgan fingerprint density at radius 2 is 2.04 bits per heavy atom. The van der Waals surface area contributed by atoms with Gasteiger partial charge in [-0.2, -0.15) is 0 Å². The van der Waals surface area contributed by atoms with Gasteiger partial charge >= 0.3 is 6.03 Å². The van der Waals surface area contributed by atoms with Crippen molar-refractivity contribution in [3.63, 3.8) is 0 Å². The average Bonchev–Trinajstić information content (AvgIpc) is 3.44. The number of hydrogen-bond acceptors (Lipinski definition) is 5. The van der Waals surface area contributed by atoms with Crippen molar-refractivity contribution in [1.82, 2.24) is 20.2 Å². The Morgan fingerprint density at radius 3 is 2.80 bits per heavy atom. The summed E-state index contributed by atoms with van der Waals surface area (Å²) in [5, 5.41) is 6.22. The highest BCUT2D eigenvalue weighted by atomic mass is 16.2. The maximum Gasteiger partial charge on any atom is 0.325 e. The summed E-state index contributed by atoms with van der Waals surface area (Å²) in [7, 11) is 0. The van der Waals surface area contributed by atoms with Gasteiger partial charge in [-0.3, -0.25) is 9.69 Å². The zero-order chi connectivity index (χ0) is 17.3. The normalized spacial score (nSPS) is 22.3. The minimum absolute atomic E-state index is 0.0322. The van der Waals surface area contributed by atoms with Crippen LogP contribution in [0.3, 0.4) is 0 Å². The van der Waals surface area contributed by atoms with Crippen LogP contribution in [0.5, 0.6) is 0 Å². The van der Waals surface area contributed by atoms with E-state index in [2.05, 4.69) is 20.6 Å². The molecule has 2 aliphatic carbocycles. The lowest BCUT2D eigenvalue weighted by Crippen LogP contribution is -2.48. The Kier molecular flexibility index (Phi) is 4.31. The molecule has 7 heteroatoms. The number of anilines is 1. The number of nitrogens with zero attached hydrogens (tertiary/aromatic N) is 3. The molecule has 0 radical (unpaired) electrons. The third-order valence-electron chi connectivity index (χ3n) is 5.43. The number of hydrogen-bond donors (Lipinski definition) is 2. The van der Waals surface area contributed by atoms with Gasteiger partial charge in [0.2, 0.25) is 0 Å². The lowest BCUT2D eigenvalue weighted by molar-refractivity contribution is -0.132. The van der Waals surface area contributed by atoms with Gasteiger partial charge < -0.3 is 10.6 Å². The van der Waals surface area contributed by atoms with Crippen LogP contribution in [0.2, 0.25) is 0 Å². The molecule has 2 N–H and O–H groups in total. The van der Waals surface area contributed by atoms with Gasteiger partial charge in [0.05, 0.1) is 0 Å². The highest BCUT2D eigenvalue weighted by Gasteiger charge is 2.50. The van der Waals surface area contributed by atoms with E-state index >= 15 is 0 Å². The van der Waals surface area contributed by atoms with Crippen molar-refractivity contribution in [2.45, 2.75) is 62.8 Å². The Morgan fingerprint density at radius 1 is 1.24 bits per heavy atom. The zero-order valence-corrected chi connectivity index (χ0v) is 14.5. The van der Waals surface area contributed by atoms with Crippen molar-refractivity contribution in [3.8, 4) is 0 Å². The fraction of sp³-hybridized carbons (Fsp3) is 0.667. The molecular weight excluding hydrogens is 318 g/mol. The number of rotatable bonds is 6. The number of urea groups is 1. The smallest absolute Gasteiger partial charge is 0.325 e. The van der Waals surface area contributed by atoms with Gasteiger partial charge in [-0.15, -0.1) is 0 Å². The number of carbonyl (C=O) groups excluding carboxylic acids is 2. The molecule has 1 saturated heterocycles. The van der Waals surface area contributed by atoms with Crippen LogP contribution in [0.15, 0.2) is 12.3 Å². The van der Waals surface area contributed by atoms with E-state index in [1.807, 2.05) is 6.07 Å². The largest absolute Gasteiger partial charge is 0.370 e. The maximum atomic E-state index is 12.7. The molecule has 1 aromatic rings. The quantitative estimate of drug-likeness (QED) is 0.612. The lowest BCUT2D eigenvalue weighted by Gasteiger charge is -2.30. The Hall–Kier alpha value is -2.18. The number of imide groups is 1. The predicted octanol–water partition coefficient (Wildman–Crippen LogP) is 2.41.